The molecule has 3 heterocycles. The Morgan fingerprint density at radius 1 is 1.06 bits per heavy atom. The second kappa shape index (κ2) is 7.59. The fourth-order valence-electron chi connectivity index (χ4n) is 5.08. The lowest BCUT2D eigenvalue weighted by atomic mass is 9.95. The Morgan fingerprint density at radius 2 is 1.91 bits per heavy atom. The van der Waals surface area contributed by atoms with Crippen LogP contribution in [0.25, 0.3) is 21.7 Å². The van der Waals surface area contributed by atoms with E-state index in [1.807, 2.05) is 47.4 Å². The van der Waals surface area contributed by atoms with Gasteiger partial charge in [-0.15, -0.1) is 0 Å². The Hall–Kier alpha value is -3.93. The number of benzene rings is 3. The number of rotatable bonds is 5. The van der Waals surface area contributed by atoms with Gasteiger partial charge in [0.05, 0.1) is 24.8 Å². The third-order valence-corrected chi connectivity index (χ3v) is 6.57. The van der Waals surface area contributed by atoms with Crippen molar-refractivity contribution in [3.05, 3.63) is 77.0 Å². The van der Waals surface area contributed by atoms with Gasteiger partial charge >= 0.3 is 5.97 Å². The van der Waals surface area contributed by atoms with Crippen LogP contribution in [0.3, 0.4) is 0 Å². The molecular weight excluding hydrogens is 418 g/mol. The van der Waals surface area contributed by atoms with E-state index < -0.39 is 5.97 Å². The highest BCUT2D eigenvalue weighted by Crippen LogP contribution is 2.37. The van der Waals surface area contributed by atoms with E-state index in [-0.39, 0.29) is 24.7 Å². The molecular formula is C27H21NO5. The van der Waals surface area contributed by atoms with Crippen LogP contribution in [0.4, 0.5) is 5.69 Å². The molecule has 0 unspecified atom stereocenters. The zero-order valence-corrected chi connectivity index (χ0v) is 17.9. The SMILES string of the molecule is O=C(Cc1coc2ccc3ccccc3c12)OCC(=O)c1cc2c3c(c1)CC(=O)N3CCC2. The standard InChI is InChI=1S/C27H21NO5/c29-22(18-10-17-5-3-9-28-24(30)12-19(11-18)27(17)28)15-33-25(31)13-20-14-32-23-8-7-16-4-1-2-6-21(16)26(20)23/h1-2,4,6-8,10-11,14H,3,5,9,12-13,15H2. The van der Waals surface area contributed by atoms with Gasteiger partial charge in [0, 0.05) is 23.1 Å². The number of furan rings is 1. The molecule has 6 nitrogen and oxygen atoms in total. The molecule has 6 rings (SSSR count). The topological polar surface area (TPSA) is 76.8 Å². The number of nitrogens with zero attached hydrogens (tertiary/aromatic N) is 1. The minimum Gasteiger partial charge on any atom is -0.464 e. The van der Waals surface area contributed by atoms with Crippen LogP contribution in [0.2, 0.25) is 0 Å². The molecule has 2 aliphatic heterocycles. The van der Waals surface area contributed by atoms with Gasteiger partial charge in [-0.05, 0) is 52.9 Å². The molecule has 0 aliphatic carbocycles. The van der Waals surface area contributed by atoms with Gasteiger partial charge < -0.3 is 14.1 Å². The van der Waals surface area contributed by atoms with E-state index >= 15 is 0 Å². The fourth-order valence-corrected chi connectivity index (χ4v) is 5.08. The van der Waals surface area contributed by atoms with Crippen LogP contribution in [0.15, 0.2) is 59.2 Å². The minimum atomic E-state index is -0.483. The summed E-state index contributed by atoms with van der Waals surface area (Å²) >= 11 is 0. The maximum atomic E-state index is 12.8. The van der Waals surface area contributed by atoms with Gasteiger partial charge in [0.25, 0.3) is 0 Å². The van der Waals surface area contributed by atoms with E-state index in [0.29, 0.717) is 17.6 Å². The summed E-state index contributed by atoms with van der Waals surface area (Å²) in [5.41, 5.74) is 4.83. The number of carbonyl (C=O) groups excluding carboxylic acids is 3. The number of carbonyl (C=O) groups is 3. The molecule has 0 spiro atoms. The van der Waals surface area contributed by atoms with Crippen molar-refractivity contribution in [1.29, 1.82) is 0 Å². The molecule has 0 radical (unpaired) electrons. The number of ether oxygens (including phenoxy) is 1. The molecule has 1 amide bonds. The first-order valence-electron chi connectivity index (χ1n) is 11.1. The molecule has 1 aromatic heterocycles. The summed E-state index contributed by atoms with van der Waals surface area (Å²) in [4.78, 5) is 39.4. The Labute approximate surface area is 189 Å². The van der Waals surface area contributed by atoms with Gasteiger partial charge in [-0.2, -0.15) is 0 Å². The van der Waals surface area contributed by atoms with Gasteiger partial charge in [-0.1, -0.05) is 30.3 Å². The molecule has 0 saturated heterocycles. The van der Waals surface area contributed by atoms with Crippen LogP contribution in [-0.4, -0.2) is 30.8 Å². The molecule has 2 aliphatic rings. The number of amides is 1. The molecule has 164 valence electrons. The van der Waals surface area contributed by atoms with Gasteiger partial charge in [0.2, 0.25) is 5.91 Å². The second-order valence-corrected chi connectivity index (χ2v) is 8.65. The molecule has 33 heavy (non-hydrogen) atoms. The summed E-state index contributed by atoms with van der Waals surface area (Å²) in [5.74, 6) is -0.661. The van der Waals surface area contributed by atoms with E-state index in [1.165, 1.54) is 0 Å². The van der Waals surface area contributed by atoms with Crippen molar-refractivity contribution in [3.63, 3.8) is 0 Å². The maximum Gasteiger partial charge on any atom is 0.310 e. The average molecular weight is 439 g/mol. The summed E-state index contributed by atoms with van der Waals surface area (Å²) in [6.07, 6.45) is 3.65. The van der Waals surface area contributed by atoms with E-state index in [1.54, 1.807) is 12.3 Å². The highest BCUT2D eigenvalue weighted by atomic mass is 16.5. The third-order valence-electron chi connectivity index (χ3n) is 6.57. The molecule has 0 N–H and O–H groups in total. The highest BCUT2D eigenvalue weighted by Gasteiger charge is 2.33. The summed E-state index contributed by atoms with van der Waals surface area (Å²) in [6.45, 7) is 0.410. The van der Waals surface area contributed by atoms with Gasteiger partial charge in [0.1, 0.15) is 5.58 Å². The first kappa shape index (κ1) is 19.7. The molecule has 4 aromatic rings. The molecule has 6 heteroatoms. The fraction of sp³-hybridized carbons (Fsp3) is 0.222. The largest absolute Gasteiger partial charge is 0.464 e. The smallest absolute Gasteiger partial charge is 0.310 e. The average Bonchev–Trinajstić information content (AvgIpc) is 3.39. The van der Waals surface area contributed by atoms with E-state index in [4.69, 9.17) is 9.15 Å². The van der Waals surface area contributed by atoms with Crippen LogP contribution in [0.5, 0.6) is 0 Å². The Bertz CT molecular complexity index is 1460. The Morgan fingerprint density at radius 3 is 2.82 bits per heavy atom. The summed E-state index contributed by atoms with van der Waals surface area (Å²) < 4.78 is 11.0. The van der Waals surface area contributed by atoms with Crippen LogP contribution >= 0.6 is 0 Å². The van der Waals surface area contributed by atoms with Crippen LogP contribution in [-0.2, 0) is 33.6 Å². The number of esters is 1. The highest BCUT2D eigenvalue weighted by molar-refractivity contribution is 6.08. The van der Waals surface area contributed by atoms with Crippen molar-refractivity contribution in [2.24, 2.45) is 0 Å². The number of hydrogen-bond acceptors (Lipinski definition) is 5. The lowest BCUT2D eigenvalue weighted by Gasteiger charge is -2.25. The van der Waals surface area contributed by atoms with Crippen molar-refractivity contribution in [3.8, 4) is 0 Å². The van der Waals surface area contributed by atoms with Crippen molar-refractivity contribution in [2.75, 3.05) is 18.1 Å². The minimum absolute atomic E-state index is 0.0210. The number of hydrogen-bond donors (Lipinski definition) is 0. The first-order chi connectivity index (χ1) is 16.1. The summed E-state index contributed by atoms with van der Waals surface area (Å²) in [6, 6.07) is 15.4. The molecule has 0 bridgehead atoms. The molecule has 0 atom stereocenters. The zero-order valence-electron chi connectivity index (χ0n) is 17.9. The van der Waals surface area contributed by atoms with E-state index in [2.05, 4.69) is 0 Å². The van der Waals surface area contributed by atoms with Crippen molar-refractivity contribution in [2.45, 2.75) is 25.7 Å². The van der Waals surface area contributed by atoms with E-state index in [0.717, 1.165) is 57.9 Å². The van der Waals surface area contributed by atoms with Gasteiger partial charge in [-0.25, -0.2) is 0 Å². The predicted molar refractivity (Wildman–Crippen MR) is 124 cm³/mol. The lowest BCUT2D eigenvalue weighted by Crippen LogP contribution is -2.31. The summed E-state index contributed by atoms with van der Waals surface area (Å²) in [5, 5.41) is 2.97. The van der Waals surface area contributed by atoms with Gasteiger partial charge in [-0.3, -0.25) is 14.4 Å². The number of fused-ring (bicyclic) bond motifs is 3. The van der Waals surface area contributed by atoms with Crippen molar-refractivity contribution >= 4 is 45.1 Å². The second-order valence-electron chi connectivity index (χ2n) is 8.65. The predicted octanol–water partition coefficient (Wildman–Crippen LogP) is 4.39. The van der Waals surface area contributed by atoms with Crippen LogP contribution in [0.1, 0.15) is 33.5 Å². The number of ketones is 1. The summed E-state index contributed by atoms with van der Waals surface area (Å²) in [7, 11) is 0. The molecule has 0 saturated carbocycles. The third kappa shape index (κ3) is 3.30. The van der Waals surface area contributed by atoms with Crippen molar-refractivity contribution < 1.29 is 23.5 Å². The lowest BCUT2D eigenvalue weighted by molar-refractivity contribution is -0.141. The Kier molecular flexibility index (Phi) is 4.54. The van der Waals surface area contributed by atoms with E-state index in [9.17, 15) is 14.4 Å². The normalized spacial score (nSPS) is 14.7. The van der Waals surface area contributed by atoms with Gasteiger partial charge in [0.15, 0.2) is 12.4 Å². The van der Waals surface area contributed by atoms with Crippen molar-refractivity contribution in [1.82, 2.24) is 0 Å². The monoisotopic (exact) mass is 439 g/mol. The maximum absolute atomic E-state index is 12.8. The zero-order chi connectivity index (χ0) is 22.5. The van der Waals surface area contributed by atoms with Crippen LogP contribution < -0.4 is 4.90 Å². The molecule has 3 aromatic carbocycles. The van der Waals surface area contributed by atoms with Crippen LogP contribution in [0, 0.1) is 0 Å². The quantitative estimate of drug-likeness (QED) is 0.341. The first-order valence-corrected chi connectivity index (χ1v) is 11.1. The number of anilines is 1. The number of Topliss-reactive ketones (excluding diaryl/α,β-unsaturated/α-hetero) is 1. The number of aryl methyl sites for hydroxylation is 1. The Balaban J connectivity index is 1.18. The molecule has 0 fully saturated rings.